The molecule has 4 rings (SSSR count). The van der Waals surface area contributed by atoms with Gasteiger partial charge in [-0.1, -0.05) is 18.2 Å². The van der Waals surface area contributed by atoms with Crippen LogP contribution in [0.3, 0.4) is 0 Å². The molecule has 0 aliphatic rings. The predicted octanol–water partition coefficient (Wildman–Crippen LogP) is 3.42. The summed E-state index contributed by atoms with van der Waals surface area (Å²) >= 11 is 0. The van der Waals surface area contributed by atoms with Crippen LogP contribution in [0, 0.1) is 0 Å². The van der Waals surface area contributed by atoms with Crippen LogP contribution >= 0.6 is 0 Å². The van der Waals surface area contributed by atoms with E-state index in [0.717, 1.165) is 5.39 Å². The molecule has 13 heteroatoms. The first kappa shape index (κ1) is 28.2. The molecular formula is C26H27N3O8S2. The van der Waals surface area contributed by atoms with Crippen LogP contribution in [-0.4, -0.2) is 46.4 Å². The Labute approximate surface area is 225 Å². The average Bonchev–Trinajstić information content (AvgIpc) is 3.25. The molecule has 0 spiro atoms. The summed E-state index contributed by atoms with van der Waals surface area (Å²) in [5.74, 6) is -1.62. The number of unbranched alkanes of at least 4 members (excludes halogenated alkanes) is 1. The highest BCUT2D eigenvalue weighted by molar-refractivity contribution is 7.89. The minimum Gasteiger partial charge on any atom is -0.480 e. The first-order valence-electron chi connectivity index (χ1n) is 12.0. The van der Waals surface area contributed by atoms with Crippen molar-refractivity contribution in [2.45, 2.75) is 42.0 Å². The fourth-order valence-electron chi connectivity index (χ4n) is 4.04. The van der Waals surface area contributed by atoms with Crippen LogP contribution in [0.15, 0.2) is 80.9 Å². The van der Waals surface area contributed by atoms with Gasteiger partial charge in [0.25, 0.3) is 0 Å². The molecule has 39 heavy (non-hydrogen) atoms. The topological polar surface area (TPSA) is 172 Å². The molecule has 0 saturated carbocycles. The quantitative estimate of drug-likeness (QED) is 0.187. The van der Waals surface area contributed by atoms with E-state index in [9.17, 15) is 31.5 Å². The number of benzene rings is 3. The van der Waals surface area contributed by atoms with Crippen LogP contribution < -0.4 is 14.8 Å². The summed E-state index contributed by atoms with van der Waals surface area (Å²) in [4.78, 5) is 22.8. The van der Waals surface area contributed by atoms with Gasteiger partial charge in [0, 0.05) is 29.9 Å². The monoisotopic (exact) mass is 573 g/mol. The number of nitrogens with one attached hydrogen (secondary N) is 3. The third-order valence-corrected chi connectivity index (χ3v) is 8.90. The van der Waals surface area contributed by atoms with Gasteiger partial charge < -0.3 is 14.8 Å². The maximum absolute atomic E-state index is 13.0. The van der Waals surface area contributed by atoms with Gasteiger partial charge in [0.15, 0.2) is 0 Å². The number of sulfonamides is 2. The molecule has 1 unspecified atom stereocenters. The lowest BCUT2D eigenvalue weighted by molar-refractivity contribution is -0.139. The van der Waals surface area contributed by atoms with E-state index in [-0.39, 0.29) is 41.5 Å². The van der Waals surface area contributed by atoms with Gasteiger partial charge in [-0.05, 0) is 67.8 Å². The SMILES string of the molecule is CC(=O)Nc1ccc(S(=O)(=O)NCCCCC(NS(=O)(=O)c2ccc3oc4ccccc4c3c2)C(=O)O)cc1. The predicted molar refractivity (Wildman–Crippen MR) is 145 cm³/mol. The standard InChI is InChI=1S/C26H27N3O8S2/c1-17(30)28-18-9-11-19(12-10-18)38(33,34)27-15-5-4-7-23(26(31)32)29-39(35,36)20-13-14-25-22(16-20)21-6-2-3-8-24(21)37-25/h2-3,6,8-14,16,23,27,29H,4-5,7,15H2,1H3,(H,28,30)(H,31,32). The molecule has 0 aliphatic carbocycles. The lowest BCUT2D eigenvalue weighted by Gasteiger charge is -2.15. The number of rotatable bonds is 12. The second-order valence-electron chi connectivity index (χ2n) is 8.87. The average molecular weight is 574 g/mol. The van der Waals surface area contributed by atoms with E-state index in [0.29, 0.717) is 22.2 Å². The highest BCUT2D eigenvalue weighted by Crippen LogP contribution is 2.30. The maximum atomic E-state index is 13.0. The summed E-state index contributed by atoms with van der Waals surface area (Å²) in [5.41, 5.74) is 1.58. The number of furan rings is 1. The zero-order valence-corrected chi connectivity index (χ0v) is 22.5. The van der Waals surface area contributed by atoms with Gasteiger partial charge in [0.05, 0.1) is 9.79 Å². The number of aliphatic carboxylic acids is 1. The third kappa shape index (κ3) is 6.81. The van der Waals surface area contributed by atoms with Crippen LogP contribution in [0.4, 0.5) is 5.69 Å². The Morgan fingerprint density at radius 2 is 1.51 bits per heavy atom. The Bertz CT molecular complexity index is 1730. The highest BCUT2D eigenvalue weighted by atomic mass is 32.2. The number of hydrogen-bond donors (Lipinski definition) is 4. The van der Waals surface area contributed by atoms with Crippen LogP contribution in [0.5, 0.6) is 0 Å². The zero-order valence-electron chi connectivity index (χ0n) is 20.9. The molecular weight excluding hydrogens is 546 g/mol. The molecule has 3 aromatic carbocycles. The molecule has 0 fully saturated rings. The van der Waals surface area contributed by atoms with Crippen molar-refractivity contribution in [1.29, 1.82) is 0 Å². The number of carboxylic acids is 1. The Hall–Kier alpha value is -3.78. The summed E-state index contributed by atoms with van der Waals surface area (Å²) in [5, 5.41) is 13.5. The fraction of sp³-hybridized carbons (Fsp3) is 0.231. The molecule has 4 N–H and O–H groups in total. The lowest BCUT2D eigenvalue weighted by atomic mass is 10.1. The van der Waals surface area contributed by atoms with E-state index in [1.165, 1.54) is 49.4 Å². The number of carbonyl (C=O) groups is 2. The lowest BCUT2D eigenvalue weighted by Crippen LogP contribution is -2.40. The molecule has 1 heterocycles. The Morgan fingerprint density at radius 3 is 2.21 bits per heavy atom. The minimum atomic E-state index is -4.17. The molecule has 0 aliphatic heterocycles. The first-order chi connectivity index (χ1) is 18.5. The summed E-state index contributed by atoms with van der Waals surface area (Å²) in [6, 6.07) is 15.7. The number of hydrogen-bond acceptors (Lipinski definition) is 7. The smallest absolute Gasteiger partial charge is 0.321 e. The second-order valence-corrected chi connectivity index (χ2v) is 12.3. The van der Waals surface area contributed by atoms with Crippen LogP contribution in [0.1, 0.15) is 26.2 Å². The summed E-state index contributed by atoms with van der Waals surface area (Å²) in [6.07, 6.45) is 0.481. The molecule has 206 valence electrons. The molecule has 1 atom stereocenters. The number of fused-ring (bicyclic) bond motifs is 3. The summed E-state index contributed by atoms with van der Waals surface area (Å²) < 4.78 is 61.3. The Kier molecular flexibility index (Phi) is 8.35. The zero-order chi connectivity index (χ0) is 28.2. The van der Waals surface area contributed by atoms with E-state index in [4.69, 9.17) is 4.42 Å². The van der Waals surface area contributed by atoms with E-state index >= 15 is 0 Å². The van der Waals surface area contributed by atoms with Crippen molar-refractivity contribution in [3.63, 3.8) is 0 Å². The largest absolute Gasteiger partial charge is 0.480 e. The van der Waals surface area contributed by atoms with Crippen molar-refractivity contribution in [3.8, 4) is 0 Å². The van der Waals surface area contributed by atoms with Gasteiger partial charge in [-0.2, -0.15) is 4.72 Å². The minimum absolute atomic E-state index is 0.00939. The highest BCUT2D eigenvalue weighted by Gasteiger charge is 2.26. The number of amides is 1. The van der Waals surface area contributed by atoms with Gasteiger partial charge in [0.1, 0.15) is 17.2 Å². The van der Waals surface area contributed by atoms with Gasteiger partial charge in [-0.25, -0.2) is 21.6 Å². The molecule has 1 aromatic heterocycles. The third-order valence-electron chi connectivity index (χ3n) is 5.95. The number of para-hydroxylation sites is 1. The van der Waals surface area contributed by atoms with Gasteiger partial charge >= 0.3 is 5.97 Å². The number of anilines is 1. The first-order valence-corrected chi connectivity index (χ1v) is 15.0. The van der Waals surface area contributed by atoms with Gasteiger partial charge in [0.2, 0.25) is 26.0 Å². The van der Waals surface area contributed by atoms with E-state index in [1.807, 2.05) is 0 Å². The van der Waals surface area contributed by atoms with Crippen LogP contribution in [-0.2, 0) is 29.6 Å². The molecule has 0 radical (unpaired) electrons. The van der Waals surface area contributed by atoms with E-state index in [2.05, 4.69) is 14.8 Å². The Morgan fingerprint density at radius 1 is 0.846 bits per heavy atom. The Balaban J connectivity index is 1.34. The molecule has 0 bridgehead atoms. The maximum Gasteiger partial charge on any atom is 0.321 e. The molecule has 11 nitrogen and oxygen atoms in total. The van der Waals surface area contributed by atoms with Crippen molar-refractivity contribution in [2.24, 2.45) is 0 Å². The van der Waals surface area contributed by atoms with Crippen molar-refractivity contribution in [1.82, 2.24) is 9.44 Å². The van der Waals surface area contributed by atoms with Gasteiger partial charge in [-0.15, -0.1) is 0 Å². The van der Waals surface area contributed by atoms with Crippen molar-refractivity contribution < 1.29 is 35.9 Å². The van der Waals surface area contributed by atoms with Crippen molar-refractivity contribution in [3.05, 3.63) is 66.7 Å². The molecule has 1 amide bonds. The number of carboxylic acid groups (broad SMARTS) is 1. The van der Waals surface area contributed by atoms with Gasteiger partial charge in [-0.3, -0.25) is 9.59 Å². The normalized spacial score (nSPS) is 12.9. The summed E-state index contributed by atoms with van der Waals surface area (Å²) in [7, 11) is -7.98. The van der Waals surface area contributed by atoms with Crippen molar-refractivity contribution >= 4 is 59.5 Å². The number of carbonyl (C=O) groups excluding carboxylic acids is 1. The summed E-state index contributed by atoms with van der Waals surface area (Å²) in [6.45, 7) is 1.37. The van der Waals surface area contributed by atoms with E-state index < -0.39 is 32.1 Å². The second kappa shape index (κ2) is 11.5. The van der Waals surface area contributed by atoms with Crippen molar-refractivity contribution in [2.75, 3.05) is 11.9 Å². The fourth-order valence-corrected chi connectivity index (χ4v) is 6.37. The van der Waals surface area contributed by atoms with E-state index in [1.54, 1.807) is 24.3 Å². The van der Waals surface area contributed by atoms with Crippen LogP contribution in [0.25, 0.3) is 21.9 Å². The molecule has 4 aromatic rings. The molecule has 0 saturated heterocycles. The van der Waals surface area contributed by atoms with Crippen LogP contribution in [0.2, 0.25) is 0 Å².